The molecule has 0 spiro atoms. The Balaban J connectivity index is 2.05. The first-order valence-electron chi connectivity index (χ1n) is 9.95. The van der Waals surface area contributed by atoms with Crippen LogP contribution < -0.4 is 4.74 Å². The van der Waals surface area contributed by atoms with Crippen LogP contribution in [0.1, 0.15) is 32.3 Å². The largest absolute Gasteiger partial charge is 0.496 e. The van der Waals surface area contributed by atoms with Gasteiger partial charge in [0.15, 0.2) is 0 Å². The van der Waals surface area contributed by atoms with E-state index in [9.17, 15) is 9.59 Å². The molecule has 6 heteroatoms. The molecule has 0 N–H and O–H groups in total. The van der Waals surface area contributed by atoms with Gasteiger partial charge in [-0.05, 0) is 30.7 Å². The maximum Gasteiger partial charge on any atom is 0.277 e. The van der Waals surface area contributed by atoms with Crippen LogP contribution in [0.2, 0.25) is 0 Å². The van der Waals surface area contributed by atoms with Gasteiger partial charge in [-0.15, -0.1) is 0 Å². The molecule has 2 heterocycles. The molecule has 0 aromatic heterocycles. The van der Waals surface area contributed by atoms with Crippen LogP contribution in [0.4, 0.5) is 0 Å². The summed E-state index contributed by atoms with van der Waals surface area (Å²) < 4.78 is 10.6. The second-order valence-corrected chi connectivity index (χ2v) is 7.88. The number of likely N-dealkylation sites (tertiary alicyclic amines) is 1. The average molecular weight is 386 g/mol. The predicted molar refractivity (Wildman–Crippen MR) is 108 cm³/mol. The Morgan fingerprint density at radius 3 is 2.36 bits per heavy atom. The molecular formula is C22H30N2O4. The fraction of sp³-hybridized carbons (Fsp3) is 0.545. The molecule has 1 saturated heterocycles. The number of rotatable bonds is 7. The van der Waals surface area contributed by atoms with Gasteiger partial charge in [-0.25, -0.2) is 0 Å². The summed E-state index contributed by atoms with van der Waals surface area (Å²) in [6, 6.07) is 7.42. The minimum atomic E-state index is -0.244. The molecule has 0 radical (unpaired) electrons. The van der Waals surface area contributed by atoms with Gasteiger partial charge in [0.05, 0.1) is 12.7 Å². The van der Waals surface area contributed by atoms with E-state index in [-0.39, 0.29) is 11.8 Å². The predicted octanol–water partition coefficient (Wildman–Crippen LogP) is 2.79. The zero-order valence-electron chi connectivity index (χ0n) is 17.2. The molecule has 6 nitrogen and oxygen atoms in total. The van der Waals surface area contributed by atoms with Gasteiger partial charge in [-0.3, -0.25) is 14.5 Å². The lowest BCUT2D eigenvalue weighted by Crippen LogP contribution is -2.42. The number of methoxy groups -OCH3 is 2. The Bertz CT molecular complexity index is 764. The van der Waals surface area contributed by atoms with Gasteiger partial charge < -0.3 is 14.4 Å². The van der Waals surface area contributed by atoms with E-state index in [1.54, 1.807) is 14.2 Å². The van der Waals surface area contributed by atoms with Crippen LogP contribution >= 0.6 is 0 Å². The van der Waals surface area contributed by atoms with E-state index in [0.717, 1.165) is 19.5 Å². The highest BCUT2D eigenvalue weighted by atomic mass is 16.5. The first-order valence-corrected chi connectivity index (χ1v) is 9.95. The molecule has 2 unspecified atom stereocenters. The summed E-state index contributed by atoms with van der Waals surface area (Å²) in [5.41, 5.74) is 1.66. The summed E-state index contributed by atoms with van der Waals surface area (Å²) in [6.07, 6.45) is 1.75. The lowest BCUT2D eigenvalue weighted by molar-refractivity contribution is -0.137. The summed E-state index contributed by atoms with van der Waals surface area (Å²) in [5.74, 6) is 1.10. The highest BCUT2D eigenvalue weighted by Gasteiger charge is 2.43. The van der Waals surface area contributed by atoms with Crippen LogP contribution in [-0.2, 0) is 14.3 Å². The van der Waals surface area contributed by atoms with Crippen molar-refractivity contribution in [1.29, 1.82) is 0 Å². The first kappa shape index (κ1) is 20.4. The maximum atomic E-state index is 13.3. The molecule has 28 heavy (non-hydrogen) atoms. The van der Waals surface area contributed by atoms with Crippen molar-refractivity contribution in [3.8, 4) is 5.75 Å². The molecule has 1 fully saturated rings. The zero-order chi connectivity index (χ0) is 20.3. The smallest absolute Gasteiger partial charge is 0.277 e. The van der Waals surface area contributed by atoms with E-state index in [0.29, 0.717) is 54.0 Å². The molecule has 0 saturated carbocycles. The van der Waals surface area contributed by atoms with Crippen molar-refractivity contribution in [1.82, 2.24) is 9.80 Å². The van der Waals surface area contributed by atoms with Crippen LogP contribution in [0.25, 0.3) is 5.57 Å². The molecule has 152 valence electrons. The number of para-hydroxylation sites is 1. The molecule has 0 bridgehead atoms. The zero-order valence-corrected chi connectivity index (χ0v) is 17.2. The minimum Gasteiger partial charge on any atom is -0.496 e. The molecule has 3 rings (SSSR count). The number of benzene rings is 1. The van der Waals surface area contributed by atoms with Crippen molar-refractivity contribution < 1.29 is 19.1 Å². The number of nitrogens with zero attached hydrogens (tertiary/aromatic N) is 2. The van der Waals surface area contributed by atoms with Crippen molar-refractivity contribution in [3.05, 3.63) is 35.5 Å². The van der Waals surface area contributed by atoms with E-state index in [2.05, 4.69) is 18.7 Å². The Morgan fingerprint density at radius 1 is 1.04 bits per heavy atom. The fourth-order valence-corrected chi connectivity index (χ4v) is 4.37. The second-order valence-electron chi connectivity index (χ2n) is 7.88. The molecule has 2 aliphatic rings. The van der Waals surface area contributed by atoms with Crippen LogP contribution in [0.15, 0.2) is 30.0 Å². The van der Waals surface area contributed by atoms with Gasteiger partial charge >= 0.3 is 0 Å². The minimum absolute atomic E-state index is 0.205. The standard InChI is InChI=1S/C22H30N2O4/c1-15-12-16(2)14-23(13-15)20-19(17-8-5-6-9-18(17)28-4)21(25)24(22(20)26)10-7-11-27-3/h5-6,8-9,15-16H,7,10-14H2,1-4H3. The van der Waals surface area contributed by atoms with Gasteiger partial charge in [0.1, 0.15) is 11.4 Å². The van der Waals surface area contributed by atoms with Gasteiger partial charge in [0.2, 0.25) is 0 Å². The number of carbonyl (C=O) groups excluding carboxylic acids is 2. The SMILES string of the molecule is COCCCN1C(=O)C(c2ccccc2OC)=C(N2CC(C)CC(C)C2)C1=O. The summed E-state index contributed by atoms with van der Waals surface area (Å²) in [4.78, 5) is 30.1. The summed E-state index contributed by atoms with van der Waals surface area (Å²) in [7, 11) is 3.20. The van der Waals surface area contributed by atoms with Gasteiger partial charge in [0.25, 0.3) is 11.8 Å². The molecule has 1 aromatic rings. The monoisotopic (exact) mass is 386 g/mol. The number of ether oxygens (including phenoxy) is 2. The molecular weight excluding hydrogens is 356 g/mol. The molecule has 2 atom stereocenters. The third-order valence-corrected chi connectivity index (χ3v) is 5.44. The topological polar surface area (TPSA) is 59.1 Å². The Morgan fingerprint density at radius 2 is 1.71 bits per heavy atom. The Hall–Kier alpha value is -2.34. The lowest BCUT2D eigenvalue weighted by atomic mass is 9.91. The van der Waals surface area contributed by atoms with Crippen molar-refractivity contribution >= 4 is 17.4 Å². The van der Waals surface area contributed by atoms with Crippen molar-refractivity contribution in [2.24, 2.45) is 11.8 Å². The maximum absolute atomic E-state index is 13.3. The van der Waals surface area contributed by atoms with Crippen LogP contribution in [0.3, 0.4) is 0 Å². The normalized spacial score (nSPS) is 23.0. The first-order chi connectivity index (χ1) is 13.5. The van der Waals surface area contributed by atoms with Crippen molar-refractivity contribution in [2.45, 2.75) is 26.7 Å². The van der Waals surface area contributed by atoms with Gasteiger partial charge in [-0.1, -0.05) is 32.0 Å². The highest BCUT2D eigenvalue weighted by molar-refractivity contribution is 6.36. The average Bonchev–Trinajstić information content (AvgIpc) is 2.91. The quantitative estimate of drug-likeness (QED) is 0.533. The summed E-state index contributed by atoms with van der Waals surface area (Å²) in [5, 5.41) is 0. The third-order valence-electron chi connectivity index (χ3n) is 5.44. The highest BCUT2D eigenvalue weighted by Crippen LogP contribution is 2.38. The molecule has 1 aromatic carbocycles. The van der Waals surface area contributed by atoms with Crippen LogP contribution in [0, 0.1) is 11.8 Å². The number of piperidine rings is 1. The van der Waals surface area contributed by atoms with Gasteiger partial charge in [-0.2, -0.15) is 0 Å². The molecule has 2 aliphatic heterocycles. The van der Waals surface area contributed by atoms with Crippen molar-refractivity contribution in [2.75, 3.05) is 40.5 Å². The van der Waals surface area contributed by atoms with Crippen LogP contribution in [0.5, 0.6) is 5.75 Å². The summed E-state index contributed by atoms with van der Waals surface area (Å²) >= 11 is 0. The number of amides is 2. The number of carbonyl (C=O) groups is 2. The second kappa shape index (κ2) is 8.78. The molecule has 0 aliphatic carbocycles. The van der Waals surface area contributed by atoms with Crippen molar-refractivity contribution in [3.63, 3.8) is 0 Å². The van der Waals surface area contributed by atoms with E-state index in [4.69, 9.17) is 9.47 Å². The number of imide groups is 1. The van der Waals surface area contributed by atoms with E-state index in [1.807, 2.05) is 24.3 Å². The van der Waals surface area contributed by atoms with E-state index in [1.165, 1.54) is 4.90 Å². The van der Waals surface area contributed by atoms with Gasteiger partial charge in [0, 0.05) is 38.9 Å². The lowest BCUT2D eigenvalue weighted by Gasteiger charge is -2.37. The summed E-state index contributed by atoms with van der Waals surface area (Å²) in [6.45, 7) is 6.82. The number of hydrogen-bond acceptors (Lipinski definition) is 5. The fourth-order valence-electron chi connectivity index (χ4n) is 4.37. The number of hydrogen-bond donors (Lipinski definition) is 0. The third kappa shape index (κ3) is 3.92. The Kier molecular flexibility index (Phi) is 6.39. The van der Waals surface area contributed by atoms with Crippen LogP contribution in [-0.4, -0.2) is 62.1 Å². The molecule has 2 amide bonds. The Labute approximate surface area is 167 Å². The van der Waals surface area contributed by atoms with E-state index < -0.39 is 0 Å². The van der Waals surface area contributed by atoms with E-state index >= 15 is 0 Å².